The highest BCUT2D eigenvalue weighted by Gasteiger charge is 2.18. The van der Waals surface area contributed by atoms with Gasteiger partial charge in [0.15, 0.2) is 0 Å². The highest BCUT2D eigenvalue weighted by molar-refractivity contribution is 6.00. The van der Waals surface area contributed by atoms with Crippen molar-refractivity contribution in [2.75, 3.05) is 31.6 Å². The number of morpholine rings is 1. The summed E-state index contributed by atoms with van der Waals surface area (Å²) in [6.45, 7) is 2.06. The van der Waals surface area contributed by atoms with Gasteiger partial charge in [-0.1, -0.05) is 6.07 Å². The lowest BCUT2D eigenvalue weighted by atomic mass is 10.1. The Morgan fingerprint density at radius 1 is 1.30 bits per heavy atom. The summed E-state index contributed by atoms with van der Waals surface area (Å²) in [5.41, 5.74) is 1.88. The minimum Gasteiger partial charge on any atom is -0.478 e. The second kappa shape index (κ2) is 6.31. The normalized spacial score (nSPS) is 15.7. The van der Waals surface area contributed by atoms with E-state index in [4.69, 9.17) is 9.84 Å². The fraction of sp³-hybridized carbons (Fsp3) is 0.333. The highest BCUT2D eigenvalue weighted by Crippen LogP contribution is 2.18. The van der Waals surface area contributed by atoms with Gasteiger partial charge in [0.1, 0.15) is 11.4 Å². The van der Waals surface area contributed by atoms with Gasteiger partial charge in [-0.25, -0.2) is 19.0 Å². The molecule has 0 aliphatic carbocycles. The van der Waals surface area contributed by atoms with Gasteiger partial charge in [-0.05, 0) is 12.1 Å². The number of urea groups is 1. The van der Waals surface area contributed by atoms with Crippen LogP contribution < -0.4 is 10.7 Å². The van der Waals surface area contributed by atoms with E-state index < -0.39 is 23.4 Å². The number of anilines is 1. The molecule has 108 valence electrons. The molecule has 8 heteroatoms. The number of carboxylic acids is 1. The number of carbonyl (C=O) groups is 2. The highest BCUT2D eigenvalue weighted by atomic mass is 19.1. The SMILES string of the molecule is O=C(Nc1cccc(F)c1C(=O)O)NN1CCOCC1. The lowest BCUT2D eigenvalue weighted by Crippen LogP contribution is -2.49. The minimum absolute atomic E-state index is 0.0942. The number of halogens is 1. The van der Waals surface area contributed by atoms with Crippen LogP contribution in [0.5, 0.6) is 0 Å². The number of nitrogens with zero attached hydrogens (tertiary/aromatic N) is 1. The van der Waals surface area contributed by atoms with Gasteiger partial charge in [0, 0.05) is 13.1 Å². The van der Waals surface area contributed by atoms with E-state index in [0.29, 0.717) is 26.3 Å². The third-order valence-corrected chi connectivity index (χ3v) is 2.75. The number of carbonyl (C=O) groups excluding carboxylic acids is 1. The molecule has 1 saturated heterocycles. The smallest absolute Gasteiger partial charge is 0.340 e. The van der Waals surface area contributed by atoms with Crippen LogP contribution in [0.2, 0.25) is 0 Å². The third kappa shape index (κ3) is 3.43. The van der Waals surface area contributed by atoms with Gasteiger partial charge in [0.2, 0.25) is 0 Å². The van der Waals surface area contributed by atoms with Crippen LogP contribution in [-0.4, -0.2) is 48.4 Å². The van der Waals surface area contributed by atoms with Crippen molar-refractivity contribution in [3.8, 4) is 0 Å². The Hall–Kier alpha value is -2.19. The summed E-state index contributed by atoms with van der Waals surface area (Å²) in [6, 6.07) is 3.05. The number of hydrogen-bond donors (Lipinski definition) is 3. The second-order valence-corrected chi connectivity index (χ2v) is 4.13. The monoisotopic (exact) mass is 283 g/mol. The molecule has 0 spiro atoms. The fourth-order valence-electron chi connectivity index (χ4n) is 1.81. The van der Waals surface area contributed by atoms with Gasteiger partial charge >= 0.3 is 12.0 Å². The Labute approximate surface area is 114 Å². The first kappa shape index (κ1) is 14.2. The number of amides is 2. The summed E-state index contributed by atoms with van der Waals surface area (Å²) in [4.78, 5) is 22.7. The lowest BCUT2D eigenvalue weighted by Gasteiger charge is -2.27. The number of carboxylic acid groups (broad SMARTS) is 1. The Kier molecular flexibility index (Phi) is 4.49. The summed E-state index contributed by atoms with van der Waals surface area (Å²) < 4.78 is 18.6. The van der Waals surface area contributed by atoms with Gasteiger partial charge in [-0.15, -0.1) is 0 Å². The average molecular weight is 283 g/mol. The third-order valence-electron chi connectivity index (χ3n) is 2.75. The first-order chi connectivity index (χ1) is 9.58. The molecule has 0 unspecified atom stereocenters. The van der Waals surface area contributed by atoms with Crippen molar-refractivity contribution in [2.45, 2.75) is 0 Å². The van der Waals surface area contributed by atoms with Crippen molar-refractivity contribution in [2.24, 2.45) is 0 Å². The molecule has 1 heterocycles. The Balaban J connectivity index is 2.04. The molecule has 7 nitrogen and oxygen atoms in total. The Morgan fingerprint density at radius 3 is 2.65 bits per heavy atom. The van der Waals surface area contributed by atoms with Crippen LogP contribution in [0.4, 0.5) is 14.9 Å². The van der Waals surface area contributed by atoms with E-state index >= 15 is 0 Å². The maximum atomic E-state index is 13.4. The number of aromatic carboxylic acids is 1. The zero-order chi connectivity index (χ0) is 14.5. The van der Waals surface area contributed by atoms with Crippen molar-refractivity contribution < 1.29 is 23.8 Å². The maximum absolute atomic E-state index is 13.4. The predicted octanol–water partition coefficient (Wildman–Crippen LogP) is 0.893. The largest absolute Gasteiger partial charge is 0.478 e. The Bertz CT molecular complexity index is 517. The minimum atomic E-state index is -1.44. The van der Waals surface area contributed by atoms with E-state index in [2.05, 4.69) is 10.7 Å². The van der Waals surface area contributed by atoms with Crippen molar-refractivity contribution in [1.82, 2.24) is 10.4 Å². The zero-order valence-electron chi connectivity index (χ0n) is 10.6. The molecule has 0 atom stereocenters. The summed E-state index contributed by atoms with van der Waals surface area (Å²) >= 11 is 0. The molecule has 20 heavy (non-hydrogen) atoms. The molecule has 3 N–H and O–H groups in total. The number of nitrogens with one attached hydrogen (secondary N) is 2. The van der Waals surface area contributed by atoms with E-state index in [9.17, 15) is 14.0 Å². The molecule has 2 rings (SSSR count). The summed E-state index contributed by atoms with van der Waals surface area (Å²) in [5, 5.41) is 12.9. The number of hydrazine groups is 1. The van der Waals surface area contributed by atoms with Gasteiger partial charge in [-0.3, -0.25) is 5.43 Å². The molecule has 1 aromatic carbocycles. The molecule has 0 radical (unpaired) electrons. The maximum Gasteiger partial charge on any atom is 0.340 e. The molecule has 1 fully saturated rings. The van der Waals surface area contributed by atoms with Crippen LogP contribution in [-0.2, 0) is 4.74 Å². The Morgan fingerprint density at radius 2 is 2.00 bits per heavy atom. The van der Waals surface area contributed by atoms with Crippen molar-refractivity contribution in [3.05, 3.63) is 29.6 Å². The topological polar surface area (TPSA) is 90.9 Å². The second-order valence-electron chi connectivity index (χ2n) is 4.13. The molecule has 0 bridgehead atoms. The standard InChI is InChI=1S/C12H14FN3O4/c13-8-2-1-3-9(10(8)11(17)18)14-12(19)15-16-4-6-20-7-5-16/h1-3H,4-7H2,(H,17,18)(H2,14,15,19). The zero-order valence-corrected chi connectivity index (χ0v) is 10.6. The van der Waals surface area contributed by atoms with Crippen LogP contribution in [0.1, 0.15) is 10.4 Å². The van der Waals surface area contributed by atoms with E-state index in [1.165, 1.54) is 12.1 Å². The van der Waals surface area contributed by atoms with Gasteiger partial charge in [-0.2, -0.15) is 0 Å². The molecular formula is C12H14FN3O4. The number of ether oxygens (including phenoxy) is 1. The van der Waals surface area contributed by atoms with Crippen LogP contribution in [0.25, 0.3) is 0 Å². The molecule has 0 aromatic heterocycles. The van der Waals surface area contributed by atoms with Crippen molar-refractivity contribution in [3.63, 3.8) is 0 Å². The molecule has 2 amide bonds. The van der Waals surface area contributed by atoms with Crippen LogP contribution in [0.3, 0.4) is 0 Å². The first-order valence-corrected chi connectivity index (χ1v) is 6.00. The van der Waals surface area contributed by atoms with E-state index in [1.54, 1.807) is 5.01 Å². The molecule has 1 aliphatic heterocycles. The quantitative estimate of drug-likeness (QED) is 0.766. The van der Waals surface area contributed by atoms with Gasteiger partial charge in [0.05, 0.1) is 18.9 Å². The summed E-state index contributed by atoms with van der Waals surface area (Å²) in [7, 11) is 0. The van der Waals surface area contributed by atoms with Crippen molar-refractivity contribution >= 4 is 17.7 Å². The number of rotatable bonds is 3. The van der Waals surface area contributed by atoms with Crippen LogP contribution in [0, 0.1) is 5.82 Å². The number of benzene rings is 1. The first-order valence-electron chi connectivity index (χ1n) is 6.00. The van der Waals surface area contributed by atoms with Gasteiger partial charge < -0.3 is 15.2 Å². The van der Waals surface area contributed by atoms with Crippen molar-refractivity contribution in [1.29, 1.82) is 0 Å². The lowest BCUT2D eigenvalue weighted by molar-refractivity contribution is 0.0207. The summed E-state index contributed by atoms with van der Waals surface area (Å²) in [6.07, 6.45) is 0. The fourth-order valence-corrected chi connectivity index (χ4v) is 1.81. The van der Waals surface area contributed by atoms with Crippen LogP contribution in [0.15, 0.2) is 18.2 Å². The van der Waals surface area contributed by atoms with E-state index in [0.717, 1.165) is 6.07 Å². The molecular weight excluding hydrogens is 269 g/mol. The molecule has 0 saturated carbocycles. The molecule has 1 aliphatic rings. The van der Waals surface area contributed by atoms with Crippen LogP contribution >= 0.6 is 0 Å². The summed E-state index contributed by atoms with van der Waals surface area (Å²) in [5.74, 6) is -2.34. The van der Waals surface area contributed by atoms with E-state index in [-0.39, 0.29) is 5.69 Å². The predicted molar refractivity (Wildman–Crippen MR) is 67.9 cm³/mol. The number of hydrogen-bond acceptors (Lipinski definition) is 4. The average Bonchev–Trinajstić information content (AvgIpc) is 2.39. The van der Waals surface area contributed by atoms with E-state index in [1.807, 2.05) is 0 Å². The molecule has 1 aromatic rings. The van der Waals surface area contributed by atoms with Gasteiger partial charge in [0.25, 0.3) is 0 Å².